The first-order valence-corrected chi connectivity index (χ1v) is 5.36. The Kier molecular flexibility index (Phi) is 2.46. The van der Waals surface area contributed by atoms with Crippen LogP contribution >= 0.6 is 0 Å². The van der Waals surface area contributed by atoms with E-state index in [2.05, 4.69) is 25.8 Å². The number of nitrogens with one attached hydrogen (secondary N) is 1. The first-order valence-electron chi connectivity index (χ1n) is 5.36. The van der Waals surface area contributed by atoms with Gasteiger partial charge in [-0.15, -0.1) is 0 Å². The predicted octanol–water partition coefficient (Wildman–Crippen LogP) is 2.46. The van der Waals surface area contributed by atoms with Gasteiger partial charge < -0.3 is 4.98 Å². The van der Waals surface area contributed by atoms with E-state index in [-0.39, 0.29) is 11.1 Å². The lowest BCUT2D eigenvalue weighted by atomic mass is 9.92. The van der Waals surface area contributed by atoms with Gasteiger partial charge in [0, 0.05) is 17.3 Å². The Morgan fingerprint density at radius 2 is 1.75 bits per heavy atom. The lowest BCUT2D eigenvalue weighted by molar-refractivity contribution is 0.554. The fourth-order valence-electron chi connectivity index (χ4n) is 1.75. The molecular formula is C13H16N2O. The molecule has 0 aliphatic rings. The van der Waals surface area contributed by atoms with Gasteiger partial charge in [-0.3, -0.25) is 4.57 Å². The maximum atomic E-state index is 11.8. The molecule has 0 spiro atoms. The number of hydrogen-bond donors (Lipinski definition) is 1. The molecular weight excluding hydrogens is 200 g/mol. The van der Waals surface area contributed by atoms with E-state index in [1.54, 1.807) is 10.8 Å². The number of hydrogen-bond acceptors (Lipinski definition) is 1. The van der Waals surface area contributed by atoms with Gasteiger partial charge in [0.2, 0.25) is 0 Å². The van der Waals surface area contributed by atoms with Crippen molar-refractivity contribution in [1.82, 2.24) is 9.55 Å². The lowest BCUT2D eigenvalue weighted by Crippen LogP contribution is -2.23. The summed E-state index contributed by atoms with van der Waals surface area (Å²) in [6.45, 7) is 6.28. The molecule has 1 heterocycles. The van der Waals surface area contributed by atoms with Gasteiger partial charge in [0.1, 0.15) is 0 Å². The molecule has 1 aromatic carbocycles. The molecule has 1 aromatic heterocycles. The highest BCUT2D eigenvalue weighted by Gasteiger charge is 2.20. The summed E-state index contributed by atoms with van der Waals surface area (Å²) in [5, 5.41) is 0. The van der Waals surface area contributed by atoms with E-state index in [9.17, 15) is 4.79 Å². The fraction of sp³-hybridized carbons (Fsp3) is 0.308. The zero-order valence-corrected chi connectivity index (χ0v) is 9.82. The van der Waals surface area contributed by atoms with Crippen LogP contribution in [0.4, 0.5) is 0 Å². The third kappa shape index (κ3) is 1.81. The Hall–Kier alpha value is -1.77. The Morgan fingerprint density at radius 3 is 2.31 bits per heavy atom. The van der Waals surface area contributed by atoms with Crippen molar-refractivity contribution in [2.24, 2.45) is 0 Å². The highest BCUT2D eigenvalue weighted by Crippen LogP contribution is 2.22. The topological polar surface area (TPSA) is 37.8 Å². The van der Waals surface area contributed by atoms with Crippen molar-refractivity contribution >= 4 is 0 Å². The summed E-state index contributed by atoms with van der Waals surface area (Å²) in [6, 6.07) is 9.68. The van der Waals surface area contributed by atoms with Gasteiger partial charge in [-0.1, -0.05) is 39.0 Å². The fourth-order valence-corrected chi connectivity index (χ4v) is 1.75. The maximum Gasteiger partial charge on any atom is 0.330 e. The Bertz CT molecular complexity index is 529. The Balaban J connectivity index is 2.66. The molecule has 0 saturated heterocycles. The number of para-hydroxylation sites is 1. The zero-order chi connectivity index (χ0) is 11.8. The quantitative estimate of drug-likeness (QED) is 0.781. The zero-order valence-electron chi connectivity index (χ0n) is 9.82. The van der Waals surface area contributed by atoms with E-state index >= 15 is 0 Å². The summed E-state index contributed by atoms with van der Waals surface area (Å²) in [5.41, 5.74) is 1.74. The van der Waals surface area contributed by atoms with Crippen LogP contribution < -0.4 is 5.69 Å². The van der Waals surface area contributed by atoms with Gasteiger partial charge in [0.05, 0.1) is 5.69 Å². The van der Waals surface area contributed by atoms with E-state index in [4.69, 9.17) is 0 Å². The summed E-state index contributed by atoms with van der Waals surface area (Å²) < 4.78 is 1.72. The molecule has 0 aliphatic carbocycles. The largest absolute Gasteiger partial charge is 0.330 e. The minimum absolute atomic E-state index is 0.0605. The molecule has 2 rings (SSSR count). The highest BCUT2D eigenvalue weighted by molar-refractivity contribution is 5.34. The van der Waals surface area contributed by atoms with Crippen molar-refractivity contribution in [1.29, 1.82) is 0 Å². The summed E-state index contributed by atoms with van der Waals surface area (Å²) in [7, 11) is 0. The van der Waals surface area contributed by atoms with Crippen LogP contribution in [-0.2, 0) is 5.41 Å². The van der Waals surface area contributed by atoms with E-state index in [0.717, 1.165) is 11.4 Å². The molecule has 1 N–H and O–H groups in total. The molecule has 0 fully saturated rings. The third-order valence-corrected chi connectivity index (χ3v) is 2.56. The van der Waals surface area contributed by atoms with Crippen molar-refractivity contribution in [2.45, 2.75) is 26.2 Å². The summed E-state index contributed by atoms with van der Waals surface area (Å²) in [5.74, 6) is 0. The van der Waals surface area contributed by atoms with Crippen molar-refractivity contribution < 1.29 is 0 Å². The van der Waals surface area contributed by atoms with Crippen LogP contribution in [0.3, 0.4) is 0 Å². The van der Waals surface area contributed by atoms with Gasteiger partial charge in [-0.2, -0.15) is 0 Å². The van der Waals surface area contributed by atoms with E-state index in [1.165, 1.54) is 0 Å². The third-order valence-electron chi connectivity index (χ3n) is 2.56. The highest BCUT2D eigenvalue weighted by atomic mass is 16.1. The minimum atomic E-state index is -0.0869. The molecule has 16 heavy (non-hydrogen) atoms. The molecule has 0 atom stereocenters. The lowest BCUT2D eigenvalue weighted by Gasteiger charge is -2.20. The normalized spacial score (nSPS) is 11.7. The average molecular weight is 216 g/mol. The van der Waals surface area contributed by atoms with Crippen LogP contribution in [-0.4, -0.2) is 9.55 Å². The van der Waals surface area contributed by atoms with Crippen molar-refractivity contribution in [2.75, 3.05) is 0 Å². The summed E-state index contributed by atoms with van der Waals surface area (Å²) in [4.78, 5) is 14.5. The predicted molar refractivity (Wildman–Crippen MR) is 65.1 cm³/mol. The molecule has 0 aliphatic heterocycles. The standard InChI is InChI=1S/C13H16N2O/c1-13(2,3)11-9-14-12(16)15(11)10-7-5-4-6-8-10/h4-9H,1-3H3,(H,14,16). The molecule has 0 radical (unpaired) electrons. The summed E-state index contributed by atoms with van der Waals surface area (Å²) in [6.07, 6.45) is 1.79. The second-order valence-corrected chi connectivity index (χ2v) is 4.90. The van der Waals surface area contributed by atoms with Gasteiger partial charge in [0.25, 0.3) is 0 Å². The van der Waals surface area contributed by atoms with Crippen LogP contribution in [0.1, 0.15) is 26.5 Å². The van der Waals surface area contributed by atoms with Gasteiger partial charge in [-0.05, 0) is 12.1 Å². The summed E-state index contributed by atoms with van der Waals surface area (Å²) >= 11 is 0. The monoisotopic (exact) mass is 216 g/mol. The molecule has 2 aromatic rings. The number of nitrogens with zero attached hydrogens (tertiary/aromatic N) is 1. The number of H-pyrrole nitrogens is 1. The van der Waals surface area contributed by atoms with E-state index in [0.29, 0.717) is 0 Å². The molecule has 0 unspecified atom stereocenters. The second-order valence-electron chi connectivity index (χ2n) is 4.90. The number of imidazole rings is 1. The van der Waals surface area contributed by atoms with Crippen LogP contribution in [0.25, 0.3) is 5.69 Å². The van der Waals surface area contributed by atoms with E-state index in [1.807, 2.05) is 30.3 Å². The van der Waals surface area contributed by atoms with Crippen LogP contribution in [0.15, 0.2) is 41.3 Å². The molecule has 84 valence electrons. The minimum Gasteiger partial charge on any atom is -0.312 e. The van der Waals surface area contributed by atoms with Gasteiger partial charge in [-0.25, -0.2) is 4.79 Å². The van der Waals surface area contributed by atoms with Crippen LogP contribution in [0, 0.1) is 0 Å². The number of rotatable bonds is 1. The van der Waals surface area contributed by atoms with Gasteiger partial charge >= 0.3 is 5.69 Å². The van der Waals surface area contributed by atoms with Gasteiger partial charge in [0.15, 0.2) is 0 Å². The molecule has 0 amide bonds. The van der Waals surface area contributed by atoms with Crippen molar-refractivity contribution in [3.63, 3.8) is 0 Å². The first-order chi connectivity index (χ1) is 7.50. The van der Waals surface area contributed by atoms with Crippen molar-refractivity contribution in [3.05, 3.63) is 52.7 Å². The average Bonchev–Trinajstić information content (AvgIpc) is 2.61. The molecule has 3 heteroatoms. The SMILES string of the molecule is CC(C)(C)c1c[nH]c(=O)n1-c1ccccc1. The molecule has 0 bridgehead atoms. The van der Waals surface area contributed by atoms with Crippen molar-refractivity contribution in [3.8, 4) is 5.69 Å². The number of benzene rings is 1. The number of aromatic nitrogens is 2. The van der Waals surface area contributed by atoms with Crippen LogP contribution in [0.5, 0.6) is 0 Å². The van der Waals surface area contributed by atoms with E-state index < -0.39 is 0 Å². The smallest absolute Gasteiger partial charge is 0.312 e. The Labute approximate surface area is 94.7 Å². The number of aromatic amines is 1. The molecule has 3 nitrogen and oxygen atoms in total. The maximum absolute atomic E-state index is 11.8. The molecule has 0 saturated carbocycles. The first kappa shape index (κ1) is 10.7. The Morgan fingerprint density at radius 1 is 1.12 bits per heavy atom. The second kappa shape index (κ2) is 3.67. The van der Waals surface area contributed by atoms with Crippen LogP contribution in [0.2, 0.25) is 0 Å².